The quantitative estimate of drug-likeness (QED) is 0.143. The Morgan fingerprint density at radius 2 is 1.52 bits per heavy atom. The summed E-state index contributed by atoms with van der Waals surface area (Å²) in [5.41, 5.74) is 0.0531. The lowest BCUT2D eigenvalue weighted by Gasteiger charge is -2.31. The second-order valence-corrected chi connectivity index (χ2v) is 17.4. The van der Waals surface area contributed by atoms with Crippen LogP contribution in [0.1, 0.15) is 39.2 Å². The summed E-state index contributed by atoms with van der Waals surface area (Å²) < 4.78 is 67.8. The molecule has 1 atom stereocenters. The van der Waals surface area contributed by atoms with E-state index >= 15 is 0 Å². The maximum Gasteiger partial charge on any atom is 0.296 e. The molecule has 0 fully saturated rings. The van der Waals surface area contributed by atoms with E-state index in [2.05, 4.69) is 14.5 Å². The van der Waals surface area contributed by atoms with Crippen LogP contribution < -0.4 is 26.3 Å². The lowest BCUT2D eigenvalue weighted by molar-refractivity contribution is 0.242. The number of anilines is 2. The Morgan fingerprint density at radius 1 is 0.875 bits per heavy atom. The summed E-state index contributed by atoms with van der Waals surface area (Å²) >= 11 is 0. The summed E-state index contributed by atoms with van der Waals surface area (Å²) in [7, 11) is -6.17. The van der Waals surface area contributed by atoms with E-state index in [0.29, 0.717) is 16.6 Å². The second-order valence-electron chi connectivity index (χ2n) is 14.0. The van der Waals surface area contributed by atoms with Gasteiger partial charge >= 0.3 is 0 Å². The Labute approximate surface area is 322 Å². The fourth-order valence-electron chi connectivity index (χ4n) is 6.96. The predicted octanol–water partition coefficient (Wildman–Crippen LogP) is 6.16. The highest BCUT2D eigenvalue weighted by Crippen LogP contribution is 2.40. The molecule has 0 bridgehead atoms. The Bertz CT molecular complexity index is 3060. The third-order valence-corrected chi connectivity index (χ3v) is 13.1. The second kappa shape index (κ2) is 14.4. The third-order valence-electron chi connectivity index (χ3n) is 10.4. The minimum Gasteiger partial charge on any atom is -0.506 e. The summed E-state index contributed by atoms with van der Waals surface area (Å²) in [4.78, 5) is 33.0. The highest BCUT2D eigenvalue weighted by Gasteiger charge is 2.35. The number of fused-ring (bicyclic) bond motifs is 2. The number of allylic oxidation sites excluding steroid dienone is 2. The summed E-state index contributed by atoms with van der Waals surface area (Å²) in [6.45, 7) is 6.01. The number of nitrogens with one attached hydrogen (secondary N) is 1. The number of hydrogen-bond donors (Lipinski definition) is 2. The molecule has 1 heterocycles. The van der Waals surface area contributed by atoms with Gasteiger partial charge in [0.2, 0.25) is 0 Å². The SMILES string of the molecule is CCC(C)(C)C1=CCC(Oc2cc(Nc3ccc(S(=O)(=O)OC)cc3)c3c4c2nc(=O)c(=C(O)c2ccccc2)c=4c2ccccc2c3=O)C(S(=O)(=O)OC)=C1. The number of ether oxygens (including phenoxy) is 1. The summed E-state index contributed by atoms with van der Waals surface area (Å²) in [6.07, 6.45) is 3.17. The zero-order chi connectivity index (χ0) is 40.2. The van der Waals surface area contributed by atoms with Crippen molar-refractivity contribution in [3.8, 4) is 5.75 Å². The van der Waals surface area contributed by atoms with Crippen LogP contribution in [0.5, 0.6) is 5.75 Å². The van der Waals surface area contributed by atoms with E-state index in [9.17, 15) is 31.5 Å². The molecule has 2 N–H and O–H groups in total. The maximum atomic E-state index is 14.6. The molecule has 0 aromatic heterocycles. The van der Waals surface area contributed by atoms with Gasteiger partial charge in [0.1, 0.15) is 28.0 Å². The van der Waals surface area contributed by atoms with Gasteiger partial charge in [-0.2, -0.15) is 16.8 Å². The highest BCUT2D eigenvalue weighted by molar-refractivity contribution is 7.90. The molecule has 4 aromatic carbocycles. The summed E-state index contributed by atoms with van der Waals surface area (Å²) in [5.74, 6) is -0.388. The average Bonchev–Trinajstić information content (AvgIpc) is 3.20. The molecule has 1 aliphatic heterocycles. The molecule has 0 spiro atoms. The van der Waals surface area contributed by atoms with Gasteiger partial charge in [-0.25, -0.2) is 4.98 Å². The molecule has 14 heteroatoms. The van der Waals surface area contributed by atoms with Gasteiger partial charge in [0.15, 0.2) is 5.43 Å². The first-order chi connectivity index (χ1) is 26.6. The molecular weight excluding hydrogens is 757 g/mol. The first-order valence-corrected chi connectivity index (χ1v) is 20.5. The molecule has 0 radical (unpaired) electrons. The van der Waals surface area contributed by atoms with E-state index in [-0.39, 0.29) is 70.8 Å². The molecule has 12 nitrogen and oxygen atoms in total. The van der Waals surface area contributed by atoms with E-state index < -0.39 is 37.3 Å². The van der Waals surface area contributed by atoms with Crippen molar-refractivity contribution in [1.29, 1.82) is 0 Å². The van der Waals surface area contributed by atoms with Crippen LogP contribution in [0.15, 0.2) is 122 Å². The van der Waals surface area contributed by atoms with Gasteiger partial charge in [-0.1, -0.05) is 81.4 Å². The number of benzene rings is 4. The normalized spacial score (nSPS) is 15.8. The Morgan fingerprint density at radius 3 is 2.16 bits per heavy atom. The van der Waals surface area contributed by atoms with Gasteiger partial charge in [-0.3, -0.25) is 18.0 Å². The molecule has 4 aromatic rings. The molecule has 56 heavy (non-hydrogen) atoms. The topological polar surface area (TPSA) is 175 Å². The highest BCUT2D eigenvalue weighted by atomic mass is 32.2. The van der Waals surface area contributed by atoms with Crippen LogP contribution in [0.4, 0.5) is 11.4 Å². The largest absolute Gasteiger partial charge is 0.506 e. The van der Waals surface area contributed by atoms with Crippen molar-refractivity contribution in [3.63, 3.8) is 0 Å². The Balaban J connectivity index is 1.58. The molecule has 3 aliphatic rings. The van der Waals surface area contributed by atoms with Crippen molar-refractivity contribution < 1.29 is 35.0 Å². The first-order valence-electron chi connectivity index (χ1n) is 17.7. The molecule has 0 saturated heterocycles. The monoisotopic (exact) mass is 794 g/mol. The number of hydrogen-bond acceptors (Lipinski definition) is 12. The van der Waals surface area contributed by atoms with E-state index in [1.807, 2.05) is 26.8 Å². The number of nitrogens with zero attached hydrogens (tertiary/aromatic N) is 1. The van der Waals surface area contributed by atoms with Crippen LogP contribution in [0.3, 0.4) is 0 Å². The van der Waals surface area contributed by atoms with Gasteiger partial charge < -0.3 is 15.2 Å². The lowest BCUT2D eigenvalue weighted by Crippen LogP contribution is -2.33. The van der Waals surface area contributed by atoms with Crippen molar-refractivity contribution >= 4 is 59.0 Å². The van der Waals surface area contributed by atoms with E-state index in [0.717, 1.165) is 26.2 Å². The van der Waals surface area contributed by atoms with Crippen LogP contribution in [-0.4, -0.2) is 47.2 Å². The maximum absolute atomic E-state index is 14.6. The van der Waals surface area contributed by atoms with Crippen molar-refractivity contribution in [1.82, 2.24) is 4.98 Å². The minimum absolute atomic E-state index is 0.0302. The number of aliphatic hydroxyl groups excluding tert-OH is 1. The van der Waals surface area contributed by atoms with Crippen LogP contribution in [0, 0.1) is 15.9 Å². The predicted molar refractivity (Wildman–Crippen MR) is 214 cm³/mol. The molecular formula is C42H38N2O10S2. The average molecular weight is 795 g/mol. The number of rotatable bonds is 11. The van der Waals surface area contributed by atoms with Crippen molar-refractivity contribution in [3.05, 3.63) is 149 Å². The summed E-state index contributed by atoms with van der Waals surface area (Å²) in [5, 5.41) is 16.0. The molecule has 0 saturated carbocycles. The van der Waals surface area contributed by atoms with Gasteiger partial charge in [-0.15, -0.1) is 0 Å². The van der Waals surface area contributed by atoms with Crippen molar-refractivity contribution in [2.75, 3.05) is 19.5 Å². The number of aliphatic hydroxyl groups is 1. The molecule has 288 valence electrons. The zero-order valence-corrected chi connectivity index (χ0v) is 32.7. The first kappa shape index (κ1) is 38.6. The Kier molecular flexibility index (Phi) is 9.95. The lowest BCUT2D eigenvalue weighted by atomic mass is 9.79. The fraction of sp³-hybridized carbons (Fsp3) is 0.214. The van der Waals surface area contributed by atoms with Gasteiger partial charge in [0.25, 0.3) is 25.8 Å². The van der Waals surface area contributed by atoms with Crippen molar-refractivity contribution in [2.24, 2.45) is 5.41 Å². The van der Waals surface area contributed by atoms with Crippen molar-refractivity contribution in [2.45, 2.75) is 44.6 Å². The van der Waals surface area contributed by atoms with Crippen LogP contribution in [0.2, 0.25) is 0 Å². The molecule has 2 aliphatic carbocycles. The van der Waals surface area contributed by atoms with E-state index in [1.165, 1.54) is 30.3 Å². The van der Waals surface area contributed by atoms with Gasteiger partial charge in [0, 0.05) is 39.6 Å². The molecule has 7 rings (SSSR count). The zero-order valence-electron chi connectivity index (χ0n) is 31.1. The van der Waals surface area contributed by atoms with Crippen LogP contribution >= 0.6 is 0 Å². The smallest absolute Gasteiger partial charge is 0.296 e. The van der Waals surface area contributed by atoms with Gasteiger partial charge in [0.05, 0.1) is 35.4 Å². The van der Waals surface area contributed by atoms with Crippen LogP contribution in [0.25, 0.3) is 27.4 Å². The third kappa shape index (κ3) is 6.68. The molecule has 0 amide bonds. The Hall–Kier alpha value is -5.67. The van der Waals surface area contributed by atoms with Crippen LogP contribution in [-0.2, 0) is 28.6 Å². The standard InChI is InChI=1S/C42H38N2O10S2/c1-6-42(2,3)25-16-21-31(33(22-25)56(50,51)53-5)54-32-23-30(43-26-17-19-27(20-18-26)55(48,49)52-4)35-36-34(28-14-10-11-15-29(28)40(35)46)37(41(47)44-38(32)36)39(45)24-12-8-7-9-13-24/h7-20,22-23,31,43,45H,6,21H2,1-5H3. The van der Waals surface area contributed by atoms with E-state index in [4.69, 9.17) is 8.92 Å². The molecule has 1 unspecified atom stereocenters. The summed E-state index contributed by atoms with van der Waals surface area (Å²) in [6, 6.07) is 22.3. The fourth-order valence-corrected chi connectivity index (χ4v) is 8.55. The minimum atomic E-state index is -4.29. The van der Waals surface area contributed by atoms with Gasteiger partial charge in [-0.05, 0) is 53.1 Å². The van der Waals surface area contributed by atoms with E-state index in [1.54, 1.807) is 60.7 Å². The number of aromatic nitrogens is 1.